The molecule has 1 aromatic heterocycles. The van der Waals surface area contributed by atoms with Gasteiger partial charge in [-0.1, -0.05) is 0 Å². The zero-order valence-electron chi connectivity index (χ0n) is 10.1. The Morgan fingerprint density at radius 3 is 2.65 bits per heavy atom. The molecule has 5 heteroatoms. The predicted octanol–water partition coefficient (Wildman–Crippen LogP) is 2.28. The molecular weight excluding hydrogens is 331 g/mol. The van der Waals surface area contributed by atoms with Crippen LogP contribution in [0.1, 0.15) is 29.8 Å². The van der Waals surface area contributed by atoms with Crippen LogP contribution in [0.4, 0.5) is 0 Å². The summed E-state index contributed by atoms with van der Waals surface area (Å²) in [5, 5.41) is 9.17. The molecule has 94 valence electrons. The van der Waals surface area contributed by atoms with E-state index in [1.54, 1.807) is 6.07 Å². The highest BCUT2D eigenvalue weighted by molar-refractivity contribution is 14.1. The third-order valence-corrected chi connectivity index (χ3v) is 4.37. The van der Waals surface area contributed by atoms with Gasteiger partial charge in [0.2, 0.25) is 0 Å². The summed E-state index contributed by atoms with van der Waals surface area (Å²) in [5.74, 6) is -0.846. The van der Waals surface area contributed by atoms with Gasteiger partial charge in [0.25, 0.3) is 0 Å². The maximum atomic E-state index is 11.2. The Morgan fingerprint density at radius 2 is 2.24 bits per heavy atom. The molecule has 0 bridgehead atoms. The highest BCUT2D eigenvalue weighted by Gasteiger charge is 2.39. The summed E-state index contributed by atoms with van der Waals surface area (Å²) in [5.41, 5.74) is 0.536. The fraction of sp³-hybridized carbons (Fsp3) is 0.583. The quantitative estimate of drug-likeness (QED) is 0.850. The van der Waals surface area contributed by atoms with E-state index in [0.29, 0.717) is 5.69 Å². The summed E-state index contributed by atoms with van der Waals surface area (Å²) >= 11 is 2.16. The summed E-state index contributed by atoms with van der Waals surface area (Å²) in [6.07, 6.45) is 5.45. The van der Waals surface area contributed by atoms with Gasteiger partial charge in [-0.25, -0.2) is 4.79 Å². The number of carboxylic acids is 1. The van der Waals surface area contributed by atoms with Gasteiger partial charge in [0.15, 0.2) is 0 Å². The van der Waals surface area contributed by atoms with E-state index in [-0.39, 0.29) is 5.54 Å². The van der Waals surface area contributed by atoms with Crippen LogP contribution >= 0.6 is 22.6 Å². The van der Waals surface area contributed by atoms with E-state index >= 15 is 0 Å². The van der Waals surface area contributed by atoms with E-state index in [0.717, 1.165) is 23.0 Å². The lowest BCUT2D eigenvalue weighted by Crippen LogP contribution is -2.53. The van der Waals surface area contributed by atoms with Crippen LogP contribution in [0.25, 0.3) is 0 Å². The molecule has 1 aliphatic rings. The molecule has 1 saturated carbocycles. The van der Waals surface area contributed by atoms with Crippen molar-refractivity contribution in [2.45, 2.75) is 31.3 Å². The zero-order valence-corrected chi connectivity index (χ0v) is 12.3. The minimum absolute atomic E-state index is 0.145. The SMILES string of the molecule is CN(C)C1(Cn2cc(I)cc2C(=O)O)CCC1. The zero-order chi connectivity index (χ0) is 12.6. The number of hydrogen-bond acceptors (Lipinski definition) is 2. The van der Waals surface area contributed by atoms with Crippen LogP contribution in [-0.4, -0.2) is 40.2 Å². The number of hydrogen-bond donors (Lipinski definition) is 1. The molecule has 0 atom stereocenters. The molecule has 1 N–H and O–H groups in total. The molecule has 1 fully saturated rings. The second-order valence-electron chi connectivity index (χ2n) is 4.95. The Kier molecular flexibility index (Phi) is 3.49. The fourth-order valence-corrected chi connectivity index (χ4v) is 3.06. The van der Waals surface area contributed by atoms with Crippen LogP contribution in [0.5, 0.6) is 0 Å². The lowest BCUT2D eigenvalue weighted by molar-refractivity contribution is 0.0401. The highest BCUT2D eigenvalue weighted by Crippen LogP contribution is 2.38. The van der Waals surface area contributed by atoms with Gasteiger partial charge in [-0.05, 0) is 62.0 Å². The largest absolute Gasteiger partial charge is 0.477 e. The Bertz CT molecular complexity index is 436. The van der Waals surface area contributed by atoms with Crippen LogP contribution in [-0.2, 0) is 6.54 Å². The van der Waals surface area contributed by atoms with Gasteiger partial charge in [0, 0.05) is 21.9 Å². The van der Waals surface area contributed by atoms with Gasteiger partial charge in [0.1, 0.15) is 5.69 Å². The number of likely N-dealkylation sites (N-methyl/N-ethyl adjacent to an activating group) is 1. The van der Waals surface area contributed by atoms with E-state index < -0.39 is 5.97 Å². The fourth-order valence-electron chi connectivity index (χ4n) is 2.43. The molecule has 0 spiro atoms. The monoisotopic (exact) mass is 348 g/mol. The Morgan fingerprint density at radius 1 is 1.59 bits per heavy atom. The van der Waals surface area contributed by atoms with Crippen molar-refractivity contribution < 1.29 is 9.90 Å². The van der Waals surface area contributed by atoms with E-state index in [4.69, 9.17) is 5.11 Å². The third kappa shape index (κ3) is 2.35. The van der Waals surface area contributed by atoms with E-state index in [1.807, 2.05) is 10.8 Å². The number of halogens is 1. The molecule has 1 heterocycles. The molecule has 2 rings (SSSR count). The first-order chi connectivity index (χ1) is 7.94. The lowest BCUT2D eigenvalue weighted by atomic mass is 9.75. The van der Waals surface area contributed by atoms with E-state index in [9.17, 15) is 4.79 Å². The first kappa shape index (κ1) is 12.9. The number of aromatic nitrogens is 1. The molecule has 0 aromatic carbocycles. The number of carboxylic acid groups (broad SMARTS) is 1. The number of carbonyl (C=O) groups is 1. The van der Waals surface area contributed by atoms with Crippen molar-refractivity contribution in [1.29, 1.82) is 0 Å². The number of nitrogens with zero attached hydrogens (tertiary/aromatic N) is 2. The lowest BCUT2D eigenvalue weighted by Gasteiger charge is -2.47. The van der Waals surface area contributed by atoms with Crippen LogP contribution in [0.15, 0.2) is 12.3 Å². The second kappa shape index (κ2) is 4.61. The molecule has 1 aliphatic carbocycles. The minimum atomic E-state index is -0.846. The maximum Gasteiger partial charge on any atom is 0.352 e. The van der Waals surface area contributed by atoms with Crippen molar-refractivity contribution in [3.05, 3.63) is 21.5 Å². The molecule has 0 unspecified atom stereocenters. The molecule has 1 aromatic rings. The van der Waals surface area contributed by atoms with E-state index in [2.05, 4.69) is 41.6 Å². The van der Waals surface area contributed by atoms with Crippen LogP contribution in [0.3, 0.4) is 0 Å². The Hall–Kier alpha value is -0.560. The van der Waals surface area contributed by atoms with Crippen molar-refractivity contribution in [2.24, 2.45) is 0 Å². The van der Waals surface area contributed by atoms with Crippen LogP contribution in [0.2, 0.25) is 0 Å². The summed E-state index contributed by atoms with van der Waals surface area (Å²) < 4.78 is 2.86. The minimum Gasteiger partial charge on any atom is -0.477 e. The second-order valence-corrected chi connectivity index (χ2v) is 6.19. The summed E-state index contributed by atoms with van der Waals surface area (Å²) in [6.45, 7) is 0.768. The topological polar surface area (TPSA) is 45.5 Å². The first-order valence-electron chi connectivity index (χ1n) is 5.71. The molecule has 17 heavy (non-hydrogen) atoms. The average molecular weight is 348 g/mol. The molecule has 0 amide bonds. The van der Waals surface area contributed by atoms with E-state index in [1.165, 1.54) is 6.42 Å². The molecular formula is C12H17IN2O2. The normalized spacial score (nSPS) is 18.1. The van der Waals surface area contributed by atoms with Gasteiger partial charge in [-0.15, -0.1) is 0 Å². The molecule has 4 nitrogen and oxygen atoms in total. The molecule has 0 saturated heterocycles. The standard InChI is InChI=1S/C12H17IN2O2/c1-14(2)12(4-3-5-12)8-15-7-9(13)6-10(15)11(16)17/h6-7H,3-5,8H2,1-2H3,(H,16,17). The van der Waals surface area contributed by atoms with Gasteiger partial charge in [-0.2, -0.15) is 0 Å². The van der Waals surface area contributed by atoms with Crippen molar-refractivity contribution in [1.82, 2.24) is 9.47 Å². The Labute approximate surface area is 115 Å². The van der Waals surface area contributed by atoms with Crippen molar-refractivity contribution in [3.8, 4) is 0 Å². The van der Waals surface area contributed by atoms with Crippen molar-refractivity contribution in [2.75, 3.05) is 14.1 Å². The van der Waals surface area contributed by atoms with Gasteiger partial charge >= 0.3 is 5.97 Å². The smallest absolute Gasteiger partial charge is 0.352 e. The summed E-state index contributed by atoms with van der Waals surface area (Å²) in [7, 11) is 4.15. The summed E-state index contributed by atoms with van der Waals surface area (Å²) in [6, 6.07) is 1.73. The van der Waals surface area contributed by atoms with Gasteiger partial charge < -0.3 is 14.6 Å². The number of rotatable bonds is 4. The predicted molar refractivity (Wildman–Crippen MR) is 74.4 cm³/mol. The van der Waals surface area contributed by atoms with Crippen LogP contribution in [0, 0.1) is 3.57 Å². The maximum absolute atomic E-state index is 11.2. The van der Waals surface area contributed by atoms with Crippen molar-refractivity contribution in [3.63, 3.8) is 0 Å². The third-order valence-electron chi connectivity index (χ3n) is 3.78. The van der Waals surface area contributed by atoms with Crippen LogP contribution < -0.4 is 0 Å². The number of aromatic carboxylic acids is 1. The van der Waals surface area contributed by atoms with Crippen molar-refractivity contribution >= 4 is 28.6 Å². The highest BCUT2D eigenvalue weighted by atomic mass is 127. The first-order valence-corrected chi connectivity index (χ1v) is 6.79. The molecule has 0 radical (unpaired) electrons. The average Bonchev–Trinajstić information content (AvgIpc) is 2.52. The van der Waals surface area contributed by atoms with Gasteiger partial charge in [-0.3, -0.25) is 0 Å². The van der Waals surface area contributed by atoms with Gasteiger partial charge in [0.05, 0.1) is 0 Å². The summed E-state index contributed by atoms with van der Waals surface area (Å²) in [4.78, 5) is 13.4. The Balaban J connectivity index is 2.26. The molecule has 0 aliphatic heterocycles.